The predicted molar refractivity (Wildman–Crippen MR) is 88.1 cm³/mol. The molecule has 13 nitrogen and oxygen atoms in total. The molecule has 154 valence electrons. The quantitative estimate of drug-likeness (QED) is 0.159. The van der Waals surface area contributed by atoms with Crippen LogP contribution in [-0.4, -0.2) is 87.5 Å². The van der Waals surface area contributed by atoms with E-state index in [-0.39, 0.29) is 6.42 Å². The van der Waals surface area contributed by atoms with Crippen molar-refractivity contribution in [2.75, 3.05) is 13.2 Å². The first kappa shape index (κ1) is 24.2. The fraction of sp³-hybridized carbons (Fsp3) is 0.643. The molecule has 0 aromatic heterocycles. The third-order valence-corrected chi connectivity index (χ3v) is 3.29. The third-order valence-electron chi connectivity index (χ3n) is 3.29. The SMILES string of the molecule is CC(O)C(NC(=O)C(CCC(=O)O)NC(=O)C(N)CO)C(=O)NCC(=O)O. The molecular weight excluding hydrogens is 368 g/mol. The average molecular weight is 392 g/mol. The molecule has 13 heteroatoms. The van der Waals surface area contributed by atoms with Gasteiger partial charge in [0.2, 0.25) is 17.7 Å². The molecule has 0 fully saturated rings. The first-order valence-electron chi connectivity index (χ1n) is 7.86. The molecule has 0 spiro atoms. The van der Waals surface area contributed by atoms with Crippen LogP contribution in [0.4, 0.5) is 0 Å². The highest BCUT2D eigenvalue weighted by Crippen LogP contribution is 2.02. The Labute approximate surface area is 153 Å². The van der Waals surface area contributed by atoms with E-state index in [0.29, 0.717) is 0 Å². The molecule has 0 aliphatic heterocycles. The first-order valence-corrected chi connectivity index (χ1v) is 7.86. The van der Waals surface area contributed by atoms with Crippen molar-refractivity contribution < 1.29 is 44.4 Å². The summed E-state index contributed by atoms with van der Waals surface area (Å²) < 4.78 is 0. The lowest BCUT2D eigenvalue weighted by Gasteiger charge is -2.25. The molecule has 27 heavy (non-hydrogen) atoms. The number of aliphatic carboxylic acids is 2. The Bertz CT molecular complexity index is 567. The van der Waals surface area contributed by atoms with Crippen molar-refractivity contribution in [3.8, 4) is 0 Å². The van der Waals surface area contributed by atoms with E-state index in [1.807, 2.05) is 5.32 Å². The minimum absolute atomic E-state index is 0.353. The van der Waals surface area contributed by atoms with Crippen molar-refractivity contribution in [2.24, 2.45) is 5.73 Å². The number of carbonyl (C=O) groups is 5. The highest BCUT2D eigenvalue weighted by atomic mass is 16.4. The van der Waals surface area contributed by atoms with Crippen LogP contribution in [0.15, 0.2) is 0 Å². The maximum atomic E-state index is 12.3. The van der Waals surface area contributed by atoms with Crippen molar-refractivity contribution in [1.29, 1.82) is 0 Å². The Balaban J connectivity index is 5.18. The van der Waals surface area contributed by atoms with Crippen molar-refractivity contribution in [1.82, 2.24) is 16.0 Å². The molecule has 4 atom stereocenters. The summed E-state index contributed by atoms with van der Waals surface area (Å²) in [5.74, 6) is -5.50. The van der Waals surface area contributed by atoms with E-state index in [9.17, 15) is 29.1 Å². The van der Waals surface area contributed by atoms with Crippen molar-refractivity contribution in [2.45, 2.75) is 44.0 Å². The number of nitrogens with one attached hydrogen (secondary N) is 3. The number of carbonyl (C=O) groups excluding carboxylic acids is 3. The number of carboxylic acids is 2. The van der Waals surface area contributed by atoms with Gasteiger partial charge < -0.3 is 42.1 Å². The maximum absolute atomic E-state index is 12.3. The van der Waals surface area contributed by atoms with Crippen LogP contribution in [0, 0.1) is 0 Å². The highest BCUT2D eigenvalue weighted by Gasteiger charge is 2.30. The molecule has 0 bridgehead atoms. The smallest absolute Gasteiger partial charge is 0.322 e. The molecular formula is C14H24N4O9. The largest absolute Gasteiger partial charge is 0.481 e. The standard InChI is InChI=1S/C14H24N4O9/c1-6(20)11(14(27)16-4-10(23)24)18-13(26)8(2-3-9(21)22)17-12(25)7(15)5-19/h6-8,11,19-20H,2-5,15H2,1H3,(H,16,27)(H,17,25)(H,18,26)(H,21,22)(H,23,24). The normalized spacial score (nSPS) is 15.0. The minimum Gasteiger partial charge on any atom is -0.481 e. The van der Waals surface area contributed by atoms with Crippen LogP contribution in [0.25, 0.3) is 0 Å². The minimum atomic E-state index is -1.55. The third kappa shape index (κ3) is 9.48. The lowest BCUT2D eigenvalue weighted by Crippen LogP contribution is -2.59. The summed E-state index contributed by atoms with van der Waals surface area (Å²) in [6.07, 6.45) is -2.27. The second-order valence-corrected chi connectivity index (χ2v) is 5.62. The zero-order valence-corrected chi connectivity index (χ0v) is 14.5. The van der Waals surface area contributed by atoms with E-state index >= 15 is 0 Å². The second-order valence-electron chi connectivity index (χ2n) is 5.62. The Morgan fingerprint density at radius 1 is 0.963 bits per heavy atom. The van der Waals surface area contributed by atoms with E-state index in [1.54, 1.807) is 0 Å². The van der Waals surface area contributed by atoms with Gasteiger partial charge in [-0.25, -0.2) is 0 Å². The van der Waals surface area contributed by atoms with Crippen LogP contribution in [0.1, 0.15) is 19.8 Å². The molecule has 4 unspecified atom stereocenters. The summed E-state index contributed by atoms with van der Waals surface area (Å²) in [5.41, 5.74) is 5.32. The number of aliphatic hydroxyl groups is 2. The maximum Gasteiger partial charge on any atom is 0.322 e. The zero-order valence-electron chi connectivity index (χ0n) is 14.5. The number of aliphatic hydroxyl groups excluding tert-OH is 2. The molecule has 0 aromatic carbocycles. The molecule has 0 aliphatic carbocycles. The molecule has 0 saturated heterocycles. The summed E-state index contributed by atoms with van der Waals surface area (Å²) in [6, 6.07) is -4.32. The van der Waals surface area contributed by atoms with E-state index in [2.05, 4.69) is 10.6 Å². The number of hydrogen-bond acceptors (Lipinski definition) is 8. The van der Waals surface area contributed by atoms with Crippen LogP contribution in [0.2, 0.25) is 0 Å². The summed E-state index contributed by atoms with van der Waals surface area (Å²) in [6.45, 7) is -0.298. The molecule has 0 radical (unpaired) electrons. The average Bonchev–Trinajstić information content (AvgIpc) is 2.59. The Hall–Kier alpha value is -2.77. The summed E-state index contributed by atoms with van der Waals surface area (Å²) in [5, 5.41) is 42.0. The molecule has 0 aromatic rings. The number of nitrogens with two attached hydrogens (primary N) is 1. The van der Waals surface area contributed by atoms with Crippen molar-refractivity contribution >= 4 is 29.7 Å². The van der Waals surface area contributed by atoms with E-state index in [1.165, 1.54) is 0 Å². The van der Waals surface area contributed by atoms with Gasteiger partial charge in [-0.15, -0.1) is 0 Å². The Kier molecular flexibility index (Phi) is 10.6. The second kappa shape index (κ2) is 11.8. The van der Waals surface area contributed by atoms with Gasteiger partial charge >= 0.3 is 11.9 Å². The highest BCUT2D eigenvalue weighted by molar-refractivity contribution is 5.94. The summed E-state index contributed by atoms with van der Waals surface area (Å²) in [4.78, 5) is 57.2. The van der Waals surface area contributed by atoms with Gasteiger partial charge in [-0.3, -0.25) is 24.0 Å². The lowest BCUT2D eigenvalue weighted by atomic mass is 10.1. The van der Waals surface area contributed by atoms with Gasteiger partial charge in [-0.05, 0) is 13.3 Å². The number of carboxylic acid groups (broad SMARTS) is 2. The van der Waals surface area contributed by atoms with Gasteiger partial charge in [0.15, 0.2) is 0 Å². The molecule has 0 rings (SSSR count). The molecule has 0 heterocycles. The lowest BCUT2D eigenvalue weighted by molar-refractivity contribution is -0.139. The molecule has 9 N–H and O–H groups in total. The fourth-order valence-corrected chi connectivity index (χ4v) is 1.83. The van der Waals surface area contributed by atoms with Crippen LogP contribution in [0.5, 0.6) is 0 Å². The molecule has 0 saturated carbocycles. The van der Waals surface area contributed by atoms with E-state index in [0.717, 1.165) is 6.92 Å². The molecule has 0 aliphatic rings. The number of rotatable bonds is 12. The molecule has 3 amide bonds. The zero-order chi connectivity index (χ0) is 21.1. The van der Waals surface area contributed by atoms with Gasteiger partial charge in [0.05, 0.1) is 12.7 Å². The summed E-state index contributed by atoms with van der Waals surface area (Å²) >= 11 is 0. The van der Waals surface area contributed by atoms with Gasteiger partial charge in [0.1, 0.15) is 24.7 Å². The Morgan fingerprint density at radius 2 is 1.56 bits per heavy atom. The van der Waals surface area contributed by atoms with E-state index in [4.69, 9.17) is 21.1 Å². The van der Waals surface area contributed by atoms with Crippen LogP contribution in [-0.2, 0) is 24.0 Å². The van der Waals surface area contributed by atoms with Crippen LogP contribution < -0.4 is 21.7 Å². The summed E-state index contributed by atoms with van der Waals surface area (Å²) in [7, 11) is 0. The predicted octanol–water partition coefficient (Wildman–Crippen LogP) is -4.28. The van der Waals surface area contributed by atoms with Crippen molar-refractivity contribution in [3.63, 3.8) is 0 Å². The fourth-order valence-electron chi connectivity index (χ4n) is 1.83. The van der Waals surface area contributed by atoms with Crippen LogP contribution in [0.3, 0.4) is 0 Å². The number of amides is 3. The van der Waals surface area contributed by atoms with Gasteiger partial charge in [0.25, 0.3) is 0 Å². The van der Waals surface area contributed by atoms with Gasteiger partial charge in [-0.2, -0.15) is 0 Å². The van der Waals surface area contributed by atoms with Gasteiger partial charge in [-0.1, -0.05) is 0 Å². The monoisotopic (exact) mass is 392 g/mol. The first-order chi connectivity index (χ1) is 12.5. The van der Waals surface area contributed by atoms with Gasteiger partial charge in [0, 0.05) is 6.42 Å². The van der Waals surface area contributed by atoms with Crippen molar-refractivity contribution in [3.05, 3.63) is 0 Å². The Morgan fingerprint density at radius 3 is 2.00 bits per heavy atom. The topological polar surface area (TPSA) is 228 Å². The van der Waals surface area contributed by atoms with E-state index < -0.39 is 73.5 Å². The van der Waals surface area contributed by atoms with Crippen LogP contribution >= 0.6 is 0 Å². The number of hydrogen-bond donors (Lipinski definition) is 8.